The van der Waals surface area contributed by atoms with Crippen molar-refractivity contribution in [3.63, 3.8) is 0 Å². The SMILES string of the molecule is CC(C)(C)NC(=O)[C@@H]1CN(Cc2cccnc2)CCN1C[C@@H](O)C[C@@H](Cc1ccccc1)C(=O)N[C@H]1c2ccccc2C[C@H]1O.O=C(O)P(=O)(O)O. The van der Waals surface area contributed by atoms with Crippen molar-refractivity contribution in [3.8, 4) is 0 Å². The quantitative estimate of drug-likeness (QED) is 0.134. The molecule has 0 bridgehead atoms. The van der Waals surface area contributed by atoms with Crippen LogP contribution in [-0.4, -0.2) is 107 Å². The zero-order valence-electron chi connectivity index (χ0n) is 29.7. The van der Waals surface area contributed by atoms with E-state index in [4.69, 9.17) is 14.9 Å². The van der Waals surface area contributed by atoms with Gasteiger partial charge in [-0.25, -0.2) is 9.36 Å². The first-order valence-electron chi connectivity index (χ1n) is 17.2. The number of carboxylic acid groups (broad SMARTS) is 1. The van der Waals surface area contributed by atoms with Gasteiger partial charge in [-0.1, -0.05) is 60.7 Å². The van der Waals surface area contributed by atoms with Crippen molar-refractivity contribution in [1.82, 2.24) is 25.4 Å². The maximum Gasteiger partial charge on any atom is 0.433 e. The summed E-state index contributed by atoms with van der Waals surface area (Å²) in [5, 5.41) is 36.0. The second kappa shape index (κ2) is 18.2. The van der Waals surface area contributed by atoms with Gasteiger partial charge in [-0.05, 0) is 61.9 Å². The van der Waals surface area contributed by atoms with Crippen molar-refractivity contribution in [3.05, 3.63) is 101 Å². The number of nitrogens with one attached hydrogen (secondary N) is 2. The van der Waals surface area contributed by atoms with E-state index in [0.717, 1.165) is 28.8 Å². The summed E-state index contributed by atoms with van der Waals surface area (Å²) in [6.07, 6.45) is 3.26. The number of aliphatic hydroxyl groups excluding tert-OH is 2. The molecule has 5 rings (SSSR count). The number of nitrogens with zero attached hydrogens (tertiary/aromatic N) is 3. The van der Waals surface area contributed by atoms with Crippen LogP contribution in [0, 0.1) is 5.92 Å². The molecule has 0 unspecified atom stereocenters. The molecule has 0 radical (unpaired) electrons. The highest BCUT2D eigenvalue weighted by Crippen LogP contribution is 2.34. The Morgan fingerprint density at radius 1 is 0.981 bits per heavy atom. The number of rotatable bonds is 12. The summed E-state index contributed by atoms with van der Waals surface area (Å²) >= 11 is 0. The van der Waals surface area contributed by atoms with E-state index >= 15 is 0 Å². The van der Waals surface area contributed by atoms with Crippen LogP contribution in [0.5, 0.6) is 0 Å². The minimum absolute atomic E-state index is 0.0712. The molecule has 2 heterocycles. The Labute approximate surface area is 304 Å². The Hall–Kier alpha value is -4.01. The van der Waals surface area contributed by atoms with Crippen molar-refractivity contribution in [2.24, 2.45) is 5.92 Å². The summed E-state index contributed by atoms with van der Waals surface area (Å²) in [5.74, 6) is -0.781. The van der Waals surface area contributed by atoms with Crippen LogP contribution in [-0.2, 0) is 33.5 Å². The van der Waals surface area contributed by atoms with Crippen molar-refractivity contribution < 1.29 is 44.1 Å². The topological polar surface area (TPSA) is 213 Å². The number of amides is 2. The summed E-state index contributed by atoms with van der Waals surface area (Å²) < 4.78 is 9.43. The summed E-state index contributed by atoms with van der Waals surface area (Å²) in [6.45, 7) is 8.74. The van der Waals surface area contributed by atoms with Crippen LogP contribution < -0.4 is 10.6 Å². The number of piperazine rings is 1. The number of benzene rings is 2. The minimum Gasteiger partial charge on any atom is -0.472 e. The number of hydrogen-bond acceptors (Lipinski definition) is 9. The van der Waals surface area contributed by atoms with Crippen LogP contribution in [0.1, 0.15) is 55.5 Å². The van der Waals surface area contributed by atoms with Crippen molar-refractivity contribution in [1.29, 1.82) is 0 Å². The molecule has 2 aliphatic rings. The van der Waals surface area contributed by atoms with E-state index in [1.165, 1.54) is 0 Å². The molecule has 2 amide bonds. The largest absolute Gasteiger partial charge is 0.472 e. The van der Waals surface area contributed by atoms with Gasteiger partial charge in [0.15, 0.2) is 0 Å². The zero-order valence-corrected chi connectivity index (χ0v) is 30.6. The number of fused-ring (bicyclic) bond motifs is 1. The number of aromatic nitrogens is 1. The third-order valence-corrected chi connectivity index (χ3v) is 9.45. The summed E-state index contributed by atoms with van der Waals surface area (Å²) in [6, 6.07) is 20.6. The number of carbonyl (C=O) groups excluding carboxylic acids is 2. The third-order valence-electron chi connectivity index (χ3n) is 8.95. The Morgan fingerprint density at radius 2 is 1.63 bits per heavy atom. The van der Waals surface area contributed by atoms with E-state index < -0.39 is 49.1 Å². The Bertz CT molecular complexity index is 1690. The van der Waals surface area contributed by atoms with Gasteiger partial charge in [-0.15, -0.1) is 0 Å². The minimum atomic E-state index is -4.82. The van der Waals surface area contributed by atoms with Crippen LogP contribution in [0.2, 0.25) is 0 Å². The van der Waals surface area contributed by atoms with Crippen molar-refractivity contribution >= 4 is 25.1 Å². The maximum absolute atomic E-state index is 13.8. The van der Waals surface area contributed by atoms with Gasteiger partial charge in [0.2, 0.25) is 11.8 Å². The summed E-state index contributed by atoms with van der Waals surface area (Å²) in [5.41, 5.74) is 1.59. The first kappa shape index (κ1) is 40.8. The molecule has 3 aromatic rings. The molecule has 282 valence electrons. The fourth-order valence-corrected chi connectivity index (χ4v) is 6.56. The lowest BCUT2D eigenvalue weighted by Gasteiger charge is -2.42. The normalized spacial score (nSPS) is 20.5. The lowest BCUT2D eigenvalue weighted by molar-refractivity contribution is -0.132. The fraction of sp³-hybridized carbons (Fsp3) is 0.459. The second-order valence-electron chi connectivity index (χ2n) is 14.4. The fourth-order valence-electron chi connectivity index (χ4n) is 6.56. The van der Waals surface area contributed by atoms with Gasteiger partial charge >= 0.3 is 13.3 Å². The van der Waals surface area contributed by atoms with Crippen molar-refractivity contribution in [2.75, 3.05) is 26.2 Å². The van der Waals surface area contributed by atoms with Crippen molar-refractivity contribution in [2.45, 2.75) is 76.4 Å². The van der Waals surface area contributed by atoms with Crippen LogP contribution in [0.3, 0.4) is 0 Å². The second-order valence-corrected chi connectivity index (χ2v) is 15.9. The molecular weight excluding hydrogens is 689 g/mol. The Balaban J connectivity index is 0.000000785. The molecule has 5 atom stereocenters. The van der Waals surface area contributed by atoms with Gasteiger partial charge in [0.1, 0.15) is 6.04 Å². The van der Waals surface area contributed by atoms with E-state index in [1.54, 1.807) is 6.20 Å². The predicted molar refractivity (Wildman–Crippen MR) is 194 cm³/mol. The standard InChI is InChI=1S/C36H47N5O4.CH3O5P/c1-36(2,3)39-35(45)31-24-40(22-26-12-9-15-37-21-26)16-17-41(31)23-29(42)19-28(18-25-10-5-4-6-11-25)34(44)38-33-30-14-8-7-13-27(30)20-32(33)43;2-1(3)7(4,5)6/h4-15,21,28-29,31-33,42-43H,16-20,22-24H2,1-3H3,(H,38,44)(H,39,45);(H,2,3)(H2,4,5,6)/t28-,29+,31+,32-,33+;/m1./s1. The first-order valence-corrected chi connectivity index (χ1v) is 18.9. The van der Waals surface area contributed by atoms with E-state index in [9.17, 15) is 29.2 Å². The van der Waals surface area contributed by atoms with Crippen LogP contribution >= 0.6 is 7.60 Å². The van der Waals surface area contributed by atoms with Crippen LogP contribution in [0.15, 0.2) is 79.1 Å². The molecular formula is C37H50N5O9P. The monoisotopic (exact) mass is 739 g/mol. The molecule has 0 saturated carbocycles. The van der Waals surface area contributed by atoms with Gasteiger partial charge in [0, 0.05) is 63.0 Å². The van der Waals surface area contributed by atoms with E-state index in [1.807, 2.05) is 93.7 Å². The van der Waals surface area contributed by atoms with E-state index in [2.05, 4.69) is 25.4 Å². The highest BCUT2D eigenvalue weighted by Gasteiger charge is 2.37. The number of aliphatic hydroxyl groups is 2. The number of β-amino-alcohol motifs (C(OH)–C–C–N with tert-alkyl or cyclic N) is 1. The molecule has 52 heavy (non-hydrogen) atoms. The molecule has 15 heteroatoms. The van der Waals surface area contributed by atoms with Gasteiger partial charge in [0.25, 0.3) is 0 Å². The van der Waals surface area contributed by atoms with E-state index in [0.29, 0.717) is 32.5 Å². The molecule has 1 saturated heterocycles. The van der Waals surface area contributed by atoms with Gasteiger partial charge in [-0.2, -0.15) is 0 Å². The highest BCUT2D eigenvalue weighted by atomic mass is 31.2. The average molecular weight is 740 g/mol. The number of pyridine rings is 1. The van der Waals surface area contributed by atoms with Gasteiger partial charge in [-0.3, -0.25) is 24.4 Å². The molecule has 1 aliphatic carbocycles. The summed E-state index contributed by atoms with van der Waals surface area (Å²) in [4.78, 5) is 60.4. The van der Waals surface area contributed by atoms with Crippen LogP contribution in [0.4, 0.5) is 4.79 Å². The zero-order chi connectivity index (χ0) is 38.1. The highest BCUT2D eigenvalue weighted by molar-refractivity contribution is 7.69. The lowest BCUT2D eigenvalue weighted by atomic mass is 9.91. The number of carbonyl (C=O) groups is 3. The lowest BCUT2D eigenvalue weighted by Crippen LogP contribution is -2.61. The molecule has 14 nitrogen and oxygen atoms in total. The summed E-state index contributed by atoms with van der Waals surface area (Å²) in [7, 11) is -4.82. The van der Waals surface area contributed by atoms with Gasteiger partial charge < -0.3 is 35.7 Å². The third kappa shape index (κ3) is 12.3. The molecule has 0 spiro atoms. The Morgan fingerprint density at radius 3 is 2.27 bits per heavy atom. The van der Waals surface area contributed by atoms with E-state index in [-0.39, 0.29) is 24.8 Å². The predicted octanol–water partition coefficient (Wildman–Crippen LogP) is 2.71. The Kier molecular flexibility index (Phi) is 14.2. The molecule has 7 N–H and O–H groups in total. The molecule has 1 aliphatic heterocycles. The molecule has 1 fully saturated rings. The number of hydrogen-bond donors (Lipinski definition) is 7. The smallest absolute Gasteiger partial charge is 0.433 e. The molecule has 1 aromatic heterocycles. The average Bonchev–Trinajstić information content (AvgIpc) is 3.39. The van der Waals surface area contributed by atoms with Gasteiger partial charge in [0.05, 0.1) is 18.2 Å². The van der Waals surface area contributed by atoms with Crippen LogP contribution in [0.25, 0.3) is 0 Å². The molecule has 2 aromatic carbocycles. The maximum atomic E-state index is 13.8. The first-order chi connectivity index (χ1) is 24.5.